The summed E-state index contributed by atoms with van der Waals surface area (Å²) in [5.41, 5.74) is 3.99. The summed E-state index contributed by atoms with van der Waals surface area (Å²) < 4.78 is 52.5. The summed E-state index contributed by atoms with van der Waals surface area (Å²) in [5, 5.41) is 0. The first-order valence-corrected chi connectivity index (χ1v) is 10.7. The second-order valence-electron chi connectivity index (χ2n) is 7.28. The van der Waals surface area contributed by atoms with Gasteiger partial charge in [0.25, 0.3) is 0 Å². The van der Waals surface area contributed by atoms with Crippen LogP contribution >= 0.6 is 7.60 Å². The van der Waals surface area contributed by atoms with Crippen molar-refractivity contribution in [3.05, 3.63) is 6.33 Å². The van der Waals surface area contributed by atoms with E-state index in [1.807, 2.05) is 0 Å². The van der Waals surface area contributed by atoms with E-state index in [2.05, 4.69) is 15.0 Å². The molecule has 2 aromatic heterocycles. The van der Waals surface area contributed by atoms with Gasteiger partial charge in [0.05, 0.1) is 25.2 Å². The standard InChI is InChI=1S/C16H23FN5O5P/c1-5-24-13-10-12(20-15(18)21-13)22(7-19-10)14-16(4,17)11-9(26-14)6-25-28(23,27-11)8(2)3/h7-9,11,14H,5-6H2,1-4H3,(H2,18,20,21)/t9-,11-,14-,16-,28?/m1/s1. The highest BCUT2D eigenvalue weighted by atomic mass is 31.2. The third-order valence-electron chi connectivity index (χ3n) is 4.93. The van der Waals surface area contributed by atoms with Crippen LogP contribution in [0.4, 0.5) is 10.3 Å². The highest BCUT2D eigenvalue weighted by Crippen LogP contribution is 2.61. The molecule has 28 heavy (non-hydrogen) atoms. The van der Waals surface area contributed by atoms with Crippen molar-refractivity contribution in [2.24, 2.45) is 0 Å². The highest BCUT2D eigenvalue weighted by molar-refractivity contribution is 7.54. The summed E-state index contributed by atoms with van der Waals surface area (Å²) in [6.07, 6.45) is -1.51. The number of alkyl halides is 1. The lowest BCUT2D eigenvalue weighted by Crippen LogP contribution is -2.45. The minimum atomic E-state index is -3.42. The molecule has 0 radical (unpaired) electrons. The number of anilines is 1. The van der Waals surface area contributed by atoms with Crippen molar-refractivity contribution in [2.75, 3.05) is 18.9 Å². The molecule has 2 fully saturated rings. The molecule has 0 aromatic carbocycles. The molecule has 0 amide bonds. The van der Waals surface area contributed by atoms with E-state index in [1.165, 1.54) is 17.8 Å². The van der Waals surface area contributed by atoms with Crippen LogP contribution in [0.5, 0.6) is 5.88 Å². The van der Waals surface area contributed by atoms with E-state index < -0.39 is 37.4 Å². The SMILES string of the molecule is CCOc1nc(N)nc2c1ncn2[C@@H]1O[C@@H]2COP(=O)(C(C)C)O[C@H]2[C@@]1(C)F. The first-order valence-electron chi connectivity index (χ1n) is 9.07. The fourth-order valence-electron chi connectivity index (χ4n) is 3.46. The number of aromatic nitrogens is 4. The number of nitrogens with two attached hydrogens (primary N) is 1. The molecule has 4 rings (SSSR count). The molecular formula is C16H23FN5O5P. The number of nitrogens with zero attached hydrogens (tertiary/aromatic N) is 4. The summed E-state index contributed by atoms with van der Waals surface area (Å²) in [5.74, 6) is 0.182. The van der Waals surface area contributed by atoms with Gasteiger partial charge in [-0.3, -0.25) is 13.7 Å². The van der Waals surface area contributed by atoms with E-state index in [0.29, 0.717) is 12.1 Å². The summed E-state index contributed by atoms with van der Waals surface area (Å²) in [7, 11) is -3.42. The Morgan fingerprint density at radius 2 is 2.25 bits per heavy atom. The number of imidazole rings is 1. The number of hydrogen-bond acceptors (Lipinski definition) is 9. The molecule has 0 spiro atoms. The molecule has 0 aliphatic carbocycles. The Bertz CT molecular complexity index is 951. The van der Waals surface area contributed by atoms with Gasteiger partial charge < -0.3 is 19.7 Å². The fraction of sp³-hybridized carbons (Fsp3) is 0.688. The average Bonchev–Trinajstić information content (AvgIpc) is 3.14. The zero-order valence-corrected chi connectivity index (χ0v) is 16.9. The van der Waals surface area contributed by atoms with Crippen LogP contribution < -0.4 is 10.5 Å². The van der Waals surface area contributed by atoms with Crippen molar-refractivity contribution in [3.63, 3.8) is 0 Å². The number of rotatable bonds is 4. The highest BCUT2D eigenvalue weighted by Gasteiger charge is 2.61. The Morgan fingerprint density at radius 1 is 1.50 bits per heavy atom. The summed E-state index contributed by atoms with van der Waals surface area (Å²) in [6.45, 7) is 6.90. The lowest BCUT2D eigenvalue weighted by Gasteiger charge is -2.36. The van der Waals surface area contributed by atoms with Crippen LogP contribution in [-0.2, 0) is 18.3 Å². The number of ether oxygens (including phenoxy) is 2. The minimum Gasteiger partial charge on any atom is -0.476 e. The van der Waals surface area contributed by atoms with Crippen LogP contribution in [0.2, 0.25) is 0 Å². The second kappa shape index (κ2) is 6.62. The number of hydrogen-bond donors (Lipinski definition) is 1. The van der Waals surface area contributed by atoms with Gasteiger partial charge in [0.15, 0.2) is 23.1 Å². The molecule has 4 heterocycles. The van der Waals surface area contributed by atoms with Crippen LogP contribution in [0.15, 0.2) is 6.33 Å². The monoisotopic (exact) mass is 415 g/mol. The average molecular weight is 415 g/mol. The largest absolute Gasteiger partial charge is 0.476 e. The van der Waals surface area contributed by atoms with E-state index in [-0.39, 0.29) is 24.1 Å². The molecule has 2 aliphatic heterocycles. The predicted octanol–water partition coefficient (Wildman–Crippen LogP) is 2.45. The molecule has 2 saturated heterocycles. The van der Waals surface area contributed by atoms with E-state index in [4.69, 9.17) is 24.3 Å². The van der Waals surface area contributed by atoms with E-state index in [1.54, 1.807) is 20.8 Å². The first-order chi connectivity index (χ1) is 13.2. The molecule has 0 bridgehead atoms. The lowest BCUT2D eigenvalue weighted by atomic mass is 9.98. The smallest absolute Gasteiger partial charge is 0.333 e. The number of nitrogen functional groups attached to an aromatic ring is 1. The topological polar surface area (TPSA) is 124 Å². The van der Waals surface area contributed by atoms with Crippen molar-refractivity contribution in [2.45, 2.75) is 57.5 Å². The van der Waals surface area contributed by atoms with Gasteiger partial charge in [-0.15, -0.1) is 0 Å². The van der Waals surface area contributed by atoms with Crippen molar-refractivity contribution < 1.29 is 27.5 Å². The second-order valence-corrected chi connectivity index (χ2v) is 9.86. The molecule has 2 aliphatic rings. The van der Waals surface area contributed by atoms with Crippen LogP contribution in [0.1, 0.15) is 33.9 Å². The first kappa shape index (κ1) is 19.5. The fourth-order valence-corrected chi connectivity index (χ4v) is 5.08. The maximum absolute atomic E-state index is 15.9. The van der Waals surface area contributed by atoms with Gasteiger partial charge in [-0.05, 0) is 13.8 Å². The molecule has 0 saturated carbocycles. The van der Waals surface area contributed by atoms with Gasteiger partial charge in [0.2, 0.25) is 11.8 Å². The van der Waals surface area contributed by atoms with Crippen LogP contribution in [-0.4, -0.2) is 56.3 Å². The zero-order valence-electron chi connectivity index (χ0n) is 16.0. The maximum Gasteiger partial charge on any atom is 0.333 e. The Hall–Kier alpha value is -1.81. The maximum atomic E-state index is 15.9. The summed E-state index contributed by atoms with van der Waals surface area (Å²) in [4.78, 5) is 12.5. The van der Waals surface area contributed by atoms with E-state index in [0.717, 1.165) is 0 Å². The minimum absolute atomic E-state index is 0.0237. The van der Waals surface area contributed by atoms with Crippen molar-refractivity contribution in [1.29, 1.82) is 0 Å². The number of halogens is 1. The van der Waals surface area contributed by atoms with Crippen molar-refractivity contribution in [1.82, 2.24) is 19.5 Å². The van der Waals surface area contributed by atoms with Gasteiger partial charge in [-0.2, -0.15) is 9.97 Å². The molecule has 12 heteroatoms. The van der Waals surface area contributed by atoms with Gasteiger partial charge in [0.1, 0.15) is 12.2 Å². The lowest BCUT2D eigenvalue weighted by molar-refractivity contribution is -0.0603. The molecule has 154 valence electrons. The Morgan fingerprint density at radius 3 is 2.93 bits per heavy atom. The van der Waals surface area contributed by atoms with Gasteiger partial charge in [0, 0.05) is 0 Å². The molecule has 1 unspecified atom stereocenters. The molecule has 10 nitrogen and oxygen atoms in total. The van der Waals surface area contributed by atoms with Gasteiger partial charge >= 0.3 is 7.60 Å². The zero-order chi connectivity index (χ0) is 20.3. The van der Waals surface area contributed by atoms with Gasteiger partial charge in [-0.1, -0.05) is 13.8 Å². The van der Waals surface area contributed by atoms with Crippen molar-refractivity contribution in [3.8, 4) is 5.88 Å². The molecule has 2 aromatic rings. The normalized spacial score (nSPS) is 35.4. The Balaban J connectivity index is 1.74. The predicted molar refractivity (Wildman–Crippen MR) is 97.9 cm³/mol. The third kappa shape index (κ3) is 2.88. The van der Waals surface area contributed by atoms with E-state index >= 15 is 4.39 Å². The molecule has 5 atom stereocenters. The Kier molecular flexibility index (Phi) is 4.61. The van der Waals surface area contributed by atoms with Crippen LogP contribution in [0, 0.1) is 0 Å². The van der Waals surface area contributed by atoms with E-state index in [9.17, 15) is 4.57 Å². The number of fused-ring (bicyclic) bond motifs is 2. The summed E-state index contributed by atoms with van der Waals surface area (Å²) >= 11 is 0. The van der Waals surface area contributed by atoms with Gasteiger partial charge in [-0.25, -0.2) is 9.37 Å². The third-order valence-corrected chi connectivity index (χ3v) is 7.23. The molecule has 2 N–H and O–H groups in total. The molecular weight excluding hydrogens is 392 g/mol. The van der Waals surface area contributed by atoms with Crippen LogP contribution in [0.25, 0.3) is 11.2 Å². The summed E-state index contributed by atoms with van der Waals surface area (Å²) in [6, 6.07) is 0. The quantitative estimate of drug-likeness (QED) is 0.750. The Labute approximate surface area is 161 Å². The van der Waals surface area contributed by atoms with Crippen LogP contribution in [0.3, 0.4) is 0 Å². The van der Waals surface area contributed by atoms with Crippen molar-refractivity contribution >= 4 is 24.7 Å².